The highest BCUT2D eigenvalue weighted by molar-refractivity contribution is 5.29. The lowest BCUT2D eigenvalue weighted by atomic mass is 9.95. The molecule has 1 saturated heterocycles. The lowest BCUT2D eigenvalue weighted by Gasteiger charge is -2.16. The standard InChI is InChI=1S/C20H24N2O/c1-2-11-23-18-10-6-7-16(12-18)13-22-14-19(20(21)15-22)17-8-4-3-5-9-17/h2-10,12,19-20H,1,11,13-15,21H2/t19-,20+/m0/s1. The molecule has 0 aliphatic carbocycles. The molecule has 1 aliphatic heterocycles. The summed E-state index contributed by atoms with van der Waals surface area (Å²) < 4.78 is 5.61. The number of likely N-dealkylation sites (tertiary alicyclic amines) is 1. The zero-order valence-electron chi connectivity index (χ0n) is 13.4. The van der Waals surface area contributed by atoms with Crippen molar-refractivity contribution in [1.29, 1.82) is 0 Å². The minimum Gasteiger partial charge on any atom is -0.490 e. The molecule has 0 saturated carbocycles. The normalized spacial score (nSPS) is 21.3. The average Bonchev–Trinajstić information content (AvgIpc) is 2.94. The van der Waals surface area contributed by atoms with E-state index in [9.17, 15) is 0 Å². The lowest BCUT2D eigenvalue weighted by molar-refractivity contribution is 0.321. The SMILES string of the molecule is C=CCOc1cccc(CN2C[C@@H](N)[C@H](c3ccccc3)C2)c1. The second-order valence-corrected chi connectivity index (χ2v) is 6.12. The third-order valence-electron chi connectivity index (χ3n) is 4.34. The molecule has 0 unspecified atom stereocenters. The summed E-state index contributed by atoms with van der Waals surface area (Å²) in [5.41, 5.74) is 8.97. The first kappa shape index (κ1) is 15.8. The second-order valence-electron chi connectivity index (χ2n) is 6.12. The lowest BCUT2D eigenvalue weighted by Crippen LogP contribution is -2.28. The molecule has 2 N–H and O–H groups in total. The largest absolute Gasteiger partial charge is 0.490 e. The molecule has 0 spiro atoms. The Hall–Kier alpha value is -2.10. The van der Waals surface area contributed by atoms with Gasteiger partial charge in [-0.3, -0.25) is 4.90 Å². The van der Waals surface area contributed by atoms with Crippen molar-refractivity contribution >= 4 is 0 Å². The van der Waals surface area contributed by atoms with Crippen LogP contribution in [-0.4, -0.2) is 30.6 Å². The van der Waals surface area contributed by atoms with Gasteiger partial charge in [-0.1, -0.05) is 55.1 Å². The molecule has 3 rings (SSSR count). The van der Waals surface area contributed by atoms with Crippen LogP contribution < -0.4 is 10.5 Å². The fourth-order valence-electron chi connectivity index (χ4n) is 3.24. The predicted octanol–water partition coefficient (Wildman–Crippen LogP) is 3.18. The van der Waals surface area contributed by atoms with Crippen LogP contribution in [0.2, 0.25) is 0 Å². The number of nitrogens with zero attached hydrogens (tertiary/aromatic N) is 1. The second kappa shape index (κ2) is 7.44. The van der Waals surface area contributed by atoms with Crippen molar-refractivity contribution in [1.82, 2.24) is 4.90 Å². The Bertz CT molecular complexity index is 641. The van der Waals surface area contributed by atoms with Crippen LogP contribution in [0.1, 0.15) is 17.0 Å². The van der Waals surface area contributed by atoms with E-state index >= 15 is 0 Å². The molecule has 120 valence electrons. The summed E-state index contributed by atoms with van der Waals surface area (Å²) in [7, 11) is 0. The highest BCUT2D eigenvalue weighted by Gasteiger charge is 2.30. The summed E-state index contributed by atoms with van der Waals surface area (Å²) in [6.45, 7) is 7.05. The third kappa shape index (κ3) is 4.01. The molecule has 23 heavy (non-hydrogen) atoms. The molecule has 3 nitrogen and oxygen atoms in total. The smallest absolute Gasteiger partial charge is 0.120 e. The van der Waals surface area contributed by atoms with Gasteiger partial charge in [-0.05, 0) is 23.3 Å². The van der Waals surface area contributed by atoms with Crippen LogP contribution in [0.15, 0.2) is 67.3 Å². The summed E-state index contributed by atoms with van der Waals surface area (Å²) >= 11 is 0. The van der Waals surface area contributed by atoms with E-state index in [-0.39, 0.29) is 6.04 Å². The van der Waals surface area contributed by atoms with E-state index < -0.39 is 0 Å². The zero-order valence-corrected chi connectivity index (χ0v) is 13.4. The van der Waals surface area contributed by atoms with Gasteiger partial charge in [-0.25, -0.2) is 0 Å². The summed E-state index contributed by atoms with van der Waals surface area (Å²) in [4.78, 5) is 2.43. The maximum absolute atomic E-state index is 6.37. The molecule has 0 radical (unpaired) electrons. The van der Waals surface area contributed by atoms with Crippen LogP contribution in [0.25, 0.3) is 0 Å². The zero-order chi connectivity index (χ0) is 16.1. The number of hydrogen-bond acceptors (Lipinski definition) is 3. The molecule has 1 heterocycles. The van der Waals surface area contributed by atoms with Gasteiger partial charge in [0.1, 0.15) is 12.4 Å². The van der Waals surface area contributed by atoms with Crippen molar-refractivity contribution in [2.24, 2.45) is 5.73 Å². The number of nitrogens with two attached hydrogens (primary N) is 1. The number of benzene rings is 2. The average molecular weight is 308 g/mol. The number of rotatable bonds is 6. The van der Waals surface area contributed by atoms with Gasteiger partial charge in [0, 0.05) is 31.6 Å². The topological polar surface area (TPSA) is 38.5 Å². The third-order valence-corrected chi connectivity index (χ3v) is 4.34. The van der Waals surface area contributed by atoms with Crippen molar-refractivity contribution in [3.8, 4) is 5.75 Å². The van der Waals surface area contributed by atoms with E-state index in [2.05, 4.69) is 53.9 Å². The highest BCUT2D eigenvalue weighted by Crippen LogP contribution is 2.27. The molecule has 0 bridgehead atoms. The summed E-state index contributed by atoms with van der Waals surface area (Å²) in [5, 5.41) is 0. The van der Waals surface area contributed by atoms with Gasteiger partial charge in [0.15, 0.2) is 0 Å². The molecule has 0 amide bonds. The Morgan fingerprint density at radius 1 is 1.13 bits per heavy atom. The van der Waals surface area contributed by atoms with E-state index in [0.29, 0.717) is 12.5 Å². The fourth-order valence-corrected chi connectivity index (χ4v) is 3.24. The number of hydrogen-bond donors (Lipinski definition) is 1. The van der Waals surface area contributed by atoms with Crippen molar-refractivity contribution in [2.45, 2.75) is 18.5 Å². The number of ether oxygens (including phenoxy) is 1. The molecule has 2 atom stereocenters. The Balaban J connectivity index is 1.64. The molecule has 1 fully saturated rings. The molecule has 2 aromatic carbocycles. The van der Waals surface area contributed by atoms with E-state index in [1.54, 1.807) is 6.08 Å². The molecule has 3 heteroatoms. The van der Waals surface area contributed by atoms with Crippen LogP contribution >= 0.6 is 0 Å². The monoisotopic (exact) mass is 308 g/mol. The Labute approximate surface area is 138 Å². The van der Waals surface area contributed by atoms with E-state index in [4.69, 9.17) is 10.5 Å². The Morgan fingerprint density at radius 3 is 2.74 bits per heavy atom. The maximum Gasteiger partial charge on any atom is 0.120 e. The van der Waals surface area contributed by atoms with Gasteiger partial charge < -0.3 is 10.5 Å². The molecular weight excluding hydrogens is 284 g/mol. The van der Waals surface area contributed by atoms with Crippen LogP contribution in [0.5, 0.6) is 5.75 Å². The minimum absolute atomic E-state index is 0.192. The summed E-state index contributed by atoms with van der Waals surface area (Å²) in [5.74, 6) is 1.31. The van der Waals surface area contributed by atoms with Crippen molar-refractivity contribution in [3.05, 3.63) is 78.4 Å². The van der Waals surface area contributed by atoms with Crippen molar-refractivity contribution in [2.75, 3.05) is 19.7 Å². The van der Waals surface area contributed by atoms with E-state index in [1.165, 1.54) is 11.1 Å². The van der Waals surface area contributed by atoms with Gasteiger partial charge in [0.05, 0.1) is 0 Å². The molecule has 0 aromatic heterocycles. The van der Waals surface area contributed by atoms with Gasteiger partial charge in [-0.2, -0.15) is 0 Å². The quantitative estimate of drug-likeness (QED) is 0.833. The van der Waals surface area contributed by atoms with Gasteiger partial charge in [0.25, 0.3) is 0 Å². The van der Waals surface area contributed by atoms with E-state index in [0.717, 1.165) is 25.4 Å². The Kier molecular flexibility index (Phi) is 5.11. The van der Waals surface area contributed by atoms with Gasteiger partial charge >= 0.3 is 0 Å². The van der Waals surface area contributed by atoms with Crippen molar-refractivity contribution in [3.63, 3.8) is 0 Å². The van der Waals surface area contributed by atoms with Crippen LogP contribution in [-0.2, 0) is 6.54 Å². The minimum atomic E-state index is 0.192. The van der Waals surface area contributed by atoms with E-state index in [1.807, 2.05) is 12.1 Å². The molecular formula is C20H24N2O. The van der Waals surface area contributed by atoms with Crippen molar-refractivity contribution < 1.29 is 4.74 Å². The Morgan fingerprint density at radius 2 is 1.96 bits per heavy atom. The van der Waals surface area contributed by atoms with Gasteiger partial charge in [-0.15, -0.1) is 0 Å². The molecule has 1 aliphatic rings. The first-order valence-corrected chi connectivity index (χ1v) is 8.12. The van der Waals surface area contributed by atoms with Gasteiger partial charge in [0.2, 0.25) is 0 Å². The highest BCUT2D eigenvalue weighted by atomic mass is 16.5. The van der Waals surface area contributed by atoms with Crippen LogP contribution in [0.4, 0.5) is 0 Å². The fraction of sp³-hybridized carbons (Fsp3) is 0.300. The maximum atomic E-state index is 6.37. The molecule has 2 aromatic rings. The summed E-state index contributed by atoms with van der Waals surface area (Å²) in [6.07, 6.45) is 1.76. The first-order chi connectivity index (χ1) is 11.3. The summed E-state index contributed by atoms with van der Waals surface area (Å²) in [6, 6.07) is 19.0. The predicted molar refractivity (Wildman–Crippen MR) is 94.6 cm³/mol. The first-order valence-electron chi connectivity index (χ1n) is 8.12. The van der Waals surface area contributed by atoms with Crippen LogP contribution in [0, 0.1) is 0 Å². The van der Waals surface area contributed by atoms with Crippen LogP contribution in [0.3, 0.4) is 0 Å².